The standard InChI is InChI=1S/C30H29N5O4/c1-37-24-8-4-22(5-9-24)33-30(36)34-23-6-10-25(11-7-23)39-28-12-13-32-27-19-29(21(20-31)18-26(27)28)38-17-16-35-14-2-3-15-35/h4-13,18-19H,2-3,14-17H2,1H3,(H2,33,34,36). The number of carbonyl (C=O) groups is 1. The van der Waals surface area contributed by atoms with Gasteiger partial charge in [0.2, 0.25) is 0 Å². The van der Waals surface area contributed by atoms with Gasteiger partial charge in [0.1, 0.15) is 35.7 Å². The van der Waals surface area contributed by atoms with Gasteiger partial charge in [0.05, 0.1) is 18.2 Å². The highest BCUT2D eigenvalue weighted by atomic mass is 16.5. The molecule has 0 saturated carbocycles. The van der Waals surface area contributed by atoms with Crippen LogP contribution in [0, 0.1) is 11.3 Å². The molecule has 0 aliphatic carbocycles. The van der Waals surface area contributed by atoms with Gasteiger partial charge in [-0.1, -0.05) is 0 Å². The highest BCUT2D eigenvalue weighted by Gasteiger charge is 2.14. The van der Waals surface area contributed by atoms with Gasteiger partial charge >= 0.3 is 6.03 Å². The fraction of sp³-hybridized carbons (Fsp3) is 0.233. The molecule has 2 heterocycles. The first kappa shape index (κ1) is 25.8. The molecule has 2 N–H and O–H groups in total. The molecule has 1 saturated heterocycles. The molecule has 0 bridgehead atoms. The van der Waals surface area contributed by atoms with Gasteiger partial charge in [0.25, 0.3) is 0 Å². The third kappa shape index (κ3) is 6.55. The fourth-order valence-corrected chi connectivity index (χ4v) is 4.44. The van der Waals surface area contributed by atoms with Crippen LogP contribution in [-0.2, 0) is 0 Å². The Labute approximate surface area is 226 Å². The van der Waals surface area contributed by atoms with Gasteiger partial charge in [-0.2, -0.15) is 5.26 Å². The molecule has 1 aliphatic rings. The van der Waals surface area contributed by atoms with E-state index in [1.54, 1.807) is 80.0 Å². The lowest BCUT2D eigenvalue weighted by atomic mass is 10.1. The summed E-state index contributed by atoms with van der Waals surface area (Å²) >= 11 is 0. The number of hydrogen-bond donors (Lipinski definition) is 2. The second-order valence-electron chi connectivity index (χ2n) is 9.12. The maximum atomic E-state index is 12.3. The van der Waals surface area contributed by atoms with Crippen LogP contribution in [0.5, 0.6) is 23.0 Å². The molecule has 198 valence electrons. The Bertz CT molecular complexity index is 1480. The summed E-state index contributed by atoms with van der Waals surface area (Å²) in [6, 6.07) is 21.2. The number of nitriles is 1. The summed E-state index contributed by atoms with van der Waals surface area (Å²) in [6.45, 7) is 3.56. The Morgan fingerprint density at radius 1 is 0.949 bits per heavy atom. The zero-order chi connectivity index (χ0) is 27.0. The Kier molecular flexibility index (Phi) is 8.05. The van der Waals surface area contributed by atoms with Gasteiger partial charge in [-0.25, -0.2) is 4.79 Å². The summed E-state index contributed by atoms with van der Waals surface area (Å²) in [5, 5.41) is 16.0. The molecule has 0 radical (unpaired) electrons. The predicted molar refractivity (Wildman–Crippen MR) is 150 cm³/mol. The average Bonchev–Trinajstić information content (AvgIpc) is 3.48. The van der Waals surface area contributed by atoms with E-state index in [2.05, 4.69) is 26.6 Å². The minimum absolute atomic E-state index is 0.364. The lowest BCUT2D eigenvalue weighted by molar-refractivity contribution is 0.237. The Morgan fingerprint density at radius 2 is 1.62 bits per heavy atom. The van der Waals surface area contributed by atoms with Gasteiger partial charge < -0.3 is 24.8 Å². The fourth-order valence-electron chi connectivity index (χ4n) is 4.44. The lowest BCUT2D eigenvalue weighted by Gasteiger charge is -2.16. The van der Waals surface area contributed by atoms with E-state index >= 15 is 0 Å². The van der Waals surface area contributed by atoms with E-state index in [-0.39, 0.29) is 6.03 Å². The summed E-state index contributed by atoms with van der Waals surface area (Å²) in [4.78, 5) is 19.2. The number of aromatic nitrogens is 1. The number of carbonyl (C=O) groups excluding carboxylic acids is 1. The van der Waals surface area contributed by atoms with E-state index in [9.17, 15) is 10.1 Å². The van der Waals surface area contributed by atoms with Crippen molar-refractivity contribution in [2.75, 3.05) is 44.0 Å². The summed E-state index contributed by atoms with van der Waals surface area (Å²) in [7, 11) is 1.59. The first-order valence-electron chi connectivity index (χ1n) is 12.8. The highest BCUT2D eigenvalue weighted by Crippen LogP contribution is 2.33. The monoisotopic (exact) mass is 523 g/mol. The first-order chi connectivity index (χ1) is 19.1. The maximum Gasteiger partial charge on any atom is 0.323 e. The molecule has 3 aromatic carbocycles. The minimum Gasteiger partial charge on any atom is -0.497 e. The van der Waals surface area contributed by atoms with Gasteiger partial charge in [0, 0.05) is 35.6 Å². The van der Waals surface area contributed by atoms with Crippen molar-refractivity contribution < 1.29 is 19.0 Å². The van der Waals surface area contributed by atoms with Gasteiger partial charge in [-0.05, 0) is 86.6 Å². The molecule has 1 fully saturated rings. The Morgan fingerprint density at radius 3 is 2.26 bits per heavy atom. The summed E-state index contributed by atoms with van der Waals surface area (Å²) in [5.74, 6) is 2.38. The van der Waals surface area contributed by atoms with Crippen molar-refractivity contribution in [1.82, 2.24) is 9.88 Å². The Balaban J connectivity index is 1.23. The zero-order valence-electron chi connectivity index (χ0n) is 21.6. The number of likely N-dealkylation sites (tertiary alicyclic amines) is 1. The second kappa shape index (κ2) is 12.2. The number of rotatable bonds is 9. The van der Waals surface area contributed by atoms with Gasteiger partial charge in [-0.15, -0.1) is 0 Å². The number of nitrogens with zero attached hydrogens (tertiary/aromatic N) is 3. The number of fused-ring (bicyclic) bond motifs is 1. The van der Waals surface area contributed by atoms with Crippen LogP contribution in [0.2, 0.25) is 0 Å². The molecular weight excluding hydrogens is 494 g/mol. The van der Waals surface area contributed by atoms with E-state index in [0.29, 0.717) is 57.4 Å². The van der Waals surface area contributed by atoms with E-state index in [1.165, 1.54) is 12.8 Å². The predicted octanol–water partition coefficient (Wildman–Crippen LogP) is 6.03. The second-order valence-corrected chi connectivity index (χ2v) is 9.12. The molecule has 0 unspecified atom stereocenters. The summed E-state index contributed by atoms with van der Waals surface area (Å²) in [5.41, 5.74) is 2.37. The van der Waals surface area contributed by atoms with Crippen molar-refractivity contribution in [2.45, 2.75) is 12.8 Å². The number of pyridine rings is 1. The molecule has 39 heavy (non-hydrogen) atoms. The van der Waals surface area contributed by atoms with Gasteiger partial charge in [0.15, 0.2) is 0 Å². The van der Waals surface area contributed by atoms with Crippen molar-refractivity contribution in [3.05, 3.63) is 78.5 Å². The van der Waals surface area contributed by atoms with Crippen LogP contribution in [0.4, 0.5) is 16.2 Å². The third-order valence-corrected chi connectivity index (χ3v) is 6.47. The number of hydrogen-bond acceptors (Lipinski definition) is 7. The van der Waals surface area contributed by atoms with Crippen LogP contribution in [0.25, 0.3) is 10.9 Å². The molecule has 9 nitrogen and oxygen atoms in total. The quantitative estimate of drug-likeness (QED) is 0.276. The van der Waals surface area contributed by atoms with Crippen molar-refractivity contribution in [3.63, 3.8) is 0 Å². The van der Waals surface area contributed by atoms with E-state index < -0.39 is 0 Å². The molecule has 1 aliphatic heterocycles. The molecule has 9 heteroatoms. The molecule has 0 atom stereocenters. The molecule has 0 spiro atoms. The largest absolute Gasteiger partial charge is 0.497 e. The normalized spacial score (nSPS) is 13.0. The van der Waals surface area contributed by atoms with Crippen LogP contribution in [0.1, 0.15) is 18.4 Å². The number of anilines is 2. The SMILES string of the molecule is COc1ccc(NC(=O)Nc2ccc(Oc3ccnc4cc(OCCN5CCCC5)c(C#N)cc34)cc2)cc1. The number of amides is 2. The summed E-state index contributed by atoms with van der Waals surface area (Å²) in [6.07, 6.45) is 4.12. The number of nitrogens with one attached hydrogen (secondary N) is 2. The third-order valence-electron chi connectivity index (χ3n) is 6.47. The van der Waals surface area contributed by atoms with Crippen LogP contribution in [0.3, 0.4) is 0 Å². The number of benzene rings is 3. The minimum atomic E-state index is -0.364. The number of ether oxygens (including phenoxy) is 3. The van der Waals surface area contributed by atoms with Crippen molar-refractivity contribution in [1.29, 1.82) is 5.26 Å². The van der Waals surface area contributed by atoms with Crippen LogP contribution in [-0.4, -0.2) is 49.3 Å². The molecule has 4 aromatic rings. The van der Waals surface area contributed by atoms with Crippen molar-refractivity contribution in [2.24, 2.45) is 0 Å². The Hall–Kier alpha value is -4.81. The summed E-state index contributed by atoms with van der Waals surface area (Å²) < 4.78 is 17.2. The van der Waals surface area contributed by atoms with E-state index in [4.69, 9.17) is 14.2 Å². The molecule has 2 amide bonds. The first-order valence-corrected chi connectivity index (χ1v) is 12.8. The average molecular weight is 524 g/mol. The van der Waals surface area contributed by atoms with Crippen molar-refractivity contribution >= 4 is 28.3 Å². The number of urea groups is 1. The maximum absolute atomic E-state index is 12.3. The van der Waals surface area contributed by atoms with Gasteiger partial charge in [-0.3, -0.25) is 9.88 Å². The van der Waals surface area contributed by atoms with E-state index in [1.807, 2.05) is 0 Å². The van der Waals surface area contributed by atoms with Crippen LogP contribution in [0.15, 0.2) is 72.9 Å². The molecule has 1 aromatic heterocycles. The van der Waals surface area contributed by atoms with Crippen molar-refractivity contribution in [3.8, 4) is 29.1 Å². The smallest absolute Gasteiger partial charge is 0.323 e. The molecule has 5 rings (SSSR count). The lowest BCUT2D eigenvalue weighted by Crippen LogP contribution is -2.25. The van der Waals surface area contributed by atoms with E-state index in [0.717, 1.165) is 19.6 Å². The van der Waals surface area contributed by atoms with Crippen LogP contribution >= 0.6 is 0 Å². The topological polar surface area (TPSA) is 109 Å². The number of methoxy groups -OCH3 is 1. The van der Waals surface area contributed by atoms with Crippen LogP contribution < -0.4 is 24.8 Å². The highest BCUT2D eigenvalue weighted by molar-refractivity contribution is 5.99. The zero-order valence-corrected chi connectivity index (χ0v) is 21.6. The molecular formula is C30H29N5O4.